The first kappa shape index (κ1) is 11.7. The van der Waals surface area contributed by atoms with Crippen molar-refractivity contribution in [2.75, 3.05) is 13.7 Å². The normalized spacial score (nSPS) is 19.3. The molecule has 2 nitrogen and oxygen atoms in total. The van der Waals surface area contributed by atoms with Gasteiger partial charge in [-0.3, -0.25) is 0 Å². The van der Waals surface area contributed by atoms with Gasteiger partial charge in [-0.15, -0.1) is 0 Å². The quantitative estimate of drug-likeness (QED) is 0.876. The lowest BCUT2D eigenvalue weighted by molar-refractivity contribution is 0.398. The molecule has 0 amide bonds. The molecule has 1 aromatic rings. The Morgan fingerprint density at radius 1 is 1.44 bits per heavy atom. The molecule has 0 fully saturated rings. The van der Waals surface area contributed by atoms with Crippen molar-refractivity contribution in [3.8, 4) is 5.75 Å². The summed E-state index contributed by atoms with van der Waals surface area (Å²) in [5.41, 5.74) is 2.56. The van der Waals surface area contributed by atoms with Gasteiger partial charge in [-0.05, 0) is 49.1 Å². The minimum Gasteiger partial charge on any atom is -0.496 e. The van der Waals surface area contributed by atoms with Crippen LogP contribution in [0.1, 0.15) is 24.5 Å². The maximum atomic E-state index is 6.25. The summed E-state index contributed by atoms with van der Waals surface area (Å²) in [5, 5.41) is 4.36. The molecule has 88 valence electrons. The van der Waals surface area contributed by atoms with E-state index in [9.17, 15) is 0 Å². The van der Waals surface area contributed by atoms with Crippen LogP contribution in [0.4, 0.5) is 0 Å². The van der Waals surface area contributed by atoms with Crippen LogP contribution in [-0.2, 0) is 12.8 Å². The van der Waals surface area contributed by atoms with Crippen LogP contribution >= 0.6 is 11.6 Å². The molecule has 1 atom stereocenters. The second-order valence-corrected chi connectivity index (χ2v) is 4.61. The highest BCUT2D eigenvalue weighted by Gasteiger charge is 2.22. The van der Waals surface area contributed by atoms with Crippen LogP contribution in [0.2, 0.25) is 5.02 Å². The Balaban J connectivity index is 2.30. The van der Waals surface area contributed by atoms with Crippen LogP contribution in [0.25, 0.3) is 0 Å². The maximum absolute atomic E-state index is 6.25. The molecular formula is C13H18ClNO. The van der Waals surface area contributed by atoms with Crippen molar-refractivity contribution in [1.29, 1.82) is 0 Å². The van der Waals surface area contributed by atoms with Gasteiger partial charge in [0.05, 0.1) is 7.11 Å². The number of hydrogen-bond donors (Lipinski definition) is 1. The van der Waals surface area contributed by atoms with Crippen LogP contribution in [0, 0.1) is 0 Å². The molecule has 1 N–H and O–H groups in total. The molecule has 1 aliphatic rings. The van der Waals surface area contributed by atoms with Crippen molar-refractivity contribution in [2.24, 2.45) is 0 Å². The topological polar surface area (TPSA) is 21.3 Å². The zero-order valence-electron chi connectivity index (χ0n) is 9.85. The lowest BCUT2D eigenvalue weighted by atomic mass is 9.87. The Kier molecular flexibility index (Phi) is 3.72. The molecule has 0 saturated carbocycles. The minimum absolute atomic E-state index is 0.558. The smallest absolute Gasteiger partial charge is 0.122 e. The van der Waals surface area contributed by atoms with Gasteiger partial charge in [-0.2, -0.15) is 0 Å². The molecule has 0 saturated heterocycles. The van der Waals surface area contributed by atoms with Crippen molar-refractivity contribution in [3.63, 3.8) is 0 Å². The molecule has 1 aromatic carbocycles. The van der Waals surface area contributed by atoms with E-state index in [2.05, 4.69) is 12.2 Å². The van der Waals surface area contributed by atoms with E-state index in [0.717, 1.165) is 36.6 Å². The molecule has 0 radical (unpaired) electrons. The Labute approximate surface area is 102 Å². The predicted octanol–water partition coefficient (Wildman–Crippen LogP) is 2.82. The standard InChI is InChI=1S/C13H18ClNO/c1-3-15-9-4-5-10-11(8-9)12(14)6-7-13(10)16-2/h6-7,9,15H,3-5,8H2,1-2H3. The van der Waals surface area contributed by atoms with Crippen LogP contribution < -0.4 is 10.1 Å². The van der Waals surface area contributed by atoms with Gasteiger partial charge >= 0.3 is 0 Å². The van der Waals surface area contributed by atoms with Crippen molar-refractivity contribution in [2.45, 2.75) is 32.2 Å². The summed E-state index contributed by atoms with van der Waals surface area (Å²) < 4.78 is 5.38. The molecule has 0 bridgehead atoms. The van der Waals surface area contributed by atoms with Crippen molar-refractivity contribution in [1.82, 2.24) is 5.32 Å². The fraction of sp³-hybridized carbons (Fsp3) is 0.538. The number of likely N-dealkylation sites (N-methyl/N-ethyl adjacent to an activating group) is 1. The van der Waals surface area contributed by atoms with E-state index < -0.39 is 0 Å². The molecular weight excluding hydrogens is 222 g/mol. The van der Waals surface area contributed by atoms with Gasteiger partial charge in [0.1, 0.15) is 5.75 Å². The van der Waals surface area contributed by atoms with Crippen molar-refractivity contribution in [3.05, 3.63) is 28.3 Å². The lowest BCUT2D eigenvalue weighted by Crippen LogP contribution is -2.34. The molecule has 0 heterocycles. The van der Waals surface area contributed by atoms with E-state index >= 15 is 0 Å². The number of hydrogen-bond acceptors (Lipinski definition) is 2. The van der Waals surface area contributed by atoms with E-state index in [-0.39, 0.29) is 0 Å². The van der Waals surface area contributed by atoms with Gasteiger partial charge in [0.2, 0.25) is 0 Å². The second kappa shape index (κ2) is 5.07. The van der Waals surface area contributed by atoms with Crippen LogP contribution in [-0.4, -0.2) is 19.7 Å². The van der Waals surface area contributed by atoms with E-state index in [1.807, 2.05) is 12.1 Å². The van der Waals surface area contributed by atoms with Crippen LogP contribution in [0.5, 0.6) is 5.75 Å². The number of halogens is 1. The average molecular weight is 240 g/mol. The number of nitrogens with one attached hydrogen (secondary N) is 1. The van der Waals surface area contributed by atoms with Gasteiger partial charge in [-0.25, -0.2) is 0 Å². The summed E-state index contributed by atoms with van der Waals surface area (Å²) >= 11 is 6.25. The predicted molar refractivity (Wildman–Crippen MR) is 67.5 cm³/mol. The highest BCUT2D eigenvalue weighted by molar-refractivity contribution is 6.31. The third-order valence-corrected chi connectivity index (χ3v) is 3.59. The summed E-state index contributed by atoms with van der Waals surface area (Å²) in [6.45, 7) is 3.16. The van der Waals surface area contributed by atoms with E-state index in [1.54, 1.807) is 7.11 Å². The third-order valence-electron chi connectivity index (χ3n) is 3.24. The van der Waals surface area contributed by atoms with Crippen LogP contribution in [0.3, 0.4) is 0 Å². The first-order chi connectivity index (χ1) is 7.76. The number of rotatable bonds is 3. The largest absolute Gasteiger partial charge is 0.496 e. The number of methoxy groups -OCH3 is 1. The van der Waals surface area contributed by atoms with Crippen molar-refractivity contribution >= 4 is 11.6 Å². The third kappa shape index (κ3) is 2.18. The number of ether oxygens (including phenoxy) is 1. The van der Waals surface area contributed by atoms with Crippen LogP contribution in [0.15, 0.2) is 12.1 Å². The summed E-state index contributed by atoms with van der Waals surface area (Å²) in [7, 11) is 1.72. The number of fused-ring (bicyclic) bond motifs is 1. The molecule has 0 aromatic heterocycles. The zero-order chi connectivity index (χ0) is 11.5. The molecule has 1 aliphatic carbocycles. The van der Waals surface area contributed by atoms with Gasteiger partial charge in [0.25, 0.3) is 0 Å². The summed E-state index contributed by atoms with van der Waals surface area (Å²) in [5.74, 6) is 0.981. The maximum Gasteiger partial charge on any atom is 0.122 e. The van der Waals surface area contributed by atoms with E-state index in [4.69, 9.17) is 16.3 Å². The average Bonchev–Trinajstić information content (AvgIpc) is 2.31. The fourth-order valence-electron chi connectivity index (χ4n) is 2.46. The lowest BCUT2D eigenvalue weighted by Gasteiger charge is -2.27. The zero-order valence-corrected chi connectivity index (χ0v) is 10.6. The van der Waals surface area contributed by atoms with Gasteiger partial charge in [0, 0.05) is 11.1 Å². The Hall–Kier alpha value is -0.730. The second-order valence-electron chi connectivity index (χ2n) is 4.20. The minimum atomic E-state index is 0.558. The highest BCUT2D eigenvalue weighted by Crippen LogP contribution is 2.34. The summed E-state index contributed by atoms with van der Waals surface area (Å²) in [6, 6.07) is 4.46. The molecule has 0 aliphatic heterocycles. The summed E-state index contributed by atoms with van der Waals surface area (Å²) in [6.07, 6.45) is 3.23. The Morgan fingerprint density at radius 3 is 2.94 bits per heavy atom. The van der Waals surface area contributed by atoms with Gasteiger partial charge < -0.3 is 10.1 Å². The Bertz CT molecular complexity index is 378. The molecule has 2 rings (SSSR count). The van der Waals surface area contributed by atoms with E-state index in [1.165, 1.54) is 11.1 Å². The Morgan fingerprint density at radius 2 is 2.25 bits per heavy atom. The molecule has 0 spiro atoms. The first-order valence-corrected chi connectivity index (χ1v) is 6.21. The monoisotopic (exact) mass is 239 g/mol. The number of benzene rings is 1. The summed E-state index contributed by atoms with van der Waals surface area (Å²) in [4.78, 5) is 0. The van der Waals surface area contributed by atoms with Gasteiger partial charge in [0.15, 0.2) is 0 Å². The highest BCUT2D eigenvalue weighted by atomic mass is 35.5. The van der Waals surface area contributed by atoms with Crippen molar-refractivity contribution < 1.29 is 4.74 Å². The molecule has 1 unspecified atom stereocenters. The molecule has 16 heavy (non-hydrogen) atoms. The fourth-order valence-corrected chi connectivity index (χ4v) is 2.71. The van der Waals surface area contributed by atoms with Gasteiger partial charge in [-0.1, -0.05) is 18.5 Å². The first-order valence-electron chi connectivity index (χ1n) is 5.83. The van der Waals surface area contributed by atoms with E-state index in [0.29, 0.717) is 6.04 Å². The SMILES string of the molecule is CCNC1CCc2c(OC)ccc(Cl)c2C1. The molecule has 3 heteroatoms.